The van der Waals surface area contributed by atoms with Gasteiger partial charge in [0.05, 0.1) is 61.8 Å². The molecule has 0 saturated carbocycles. The highest BCUT2D eigenvalue weighted by Gasteiger charge is 2.37. The Morgan fingerprint density at radius 2 is 0.773 bits per heavy atom. The summed E-state index contributed by atoms with van der Waals surface area (Å²) >= 11 is 0. The number of para-hydroxylation sites is 5. The van der Waals surface area contributed by atoms with Gasteiger partial charge < -0.3 is 13.7 Å². The molecule has 1 aliphatic rings. The van der Waals surface area contributed by atoms with Gasteiger partial charge in [-0.25, -0.2) is 0 Å². The summed E-state index contributed by atoms with van der Waals surface area (Å²) in [4.78, 5) is 0. The molecule has 0 bridgehead atoms. The van der Waals surface area contributed by atoms with Gasteiger partial charge in [-0.15, -0.1) is 0 Å². The summed E-state index contributed by atoms with van der Waals surface area (Å²) in [7, 11) is 0. The minimum absolute atomic E-state index is 0.241. The molecule has 1 aliphatic carbocycles. The summed E-state index contributed by atoms with van der Waals surface area (Å²) in [6.07, 6.45) is 0. The monoisotopic (exact) mass is 840 g/mol. The Bertz CT molecular complexity index is 3970. The van der Waals surface area contributed by atoms with Crippen LogP contribution in [-0.4, -0.2) is 13.7 Å². The molecule has 306 valence electrons. The van der Waals surface area contributed by atoms with Crippen molar-refractivity contribution in [3.63, 3.8) is 0 Å². The van der Waals surface area contributed by atoms with Gasteiger partial charge in [0.1, 0.15) is 23.3 Å². The van der Waals surface area contributed by atoms with E-state index >= 15 is 0 Å². The van der Waals surface area contributed by atoms with Crippen molar-refractivity contribution >= 4 is 65.4 Å². The molecule has 3 heterocycles. The molecule has 0 unspecified atom stereocenters. The van der Waals surface area contributed by atoms with Crippen molar-refractivity contribution < 1.29 is 0 Å². The van der Waals surface area contributed by atoms with Crippen LogP contribution in [0.25, 0.3) is 105 Å². The van der Waals surface area contributed by atoms with E-state index in [9.17, 15) is 15.8 Å². The first-order valence-electron chi connectivity index (χ1n) is 22.1. The predicted molar refractivity (Wildman–Crippen MR) is 267 cm³/mol. The molecule has 9 aromatic carbocycles. The normalized spacial score (nSPS) is 12.8. The minimum Gasteiger partial charge on any atom is -0.307 e. The number of nitrogens with zero attached hydrogens (tertiary/aromatic N) is 6. The SMILES string of the molecule is CC1(C)c2ccccc2-c2cc3c(cc21)c1ccccc1n3-c1c(C#N)c(-n2c3ccccc3c3ccccc32)c(-c2ccc(C#N)cc2)c(-n2c3ccccc3c3ccccc32)c1C#N. The minimum atomic E-state index is -0.241. The summed E-state index contributed by atoms with van der Waals surface area (Å²) in [5, 5.41) is 40.6. The van der Waals surface area contributed by atoms with Gasteiger partial charge in [0, 0.05) is 43.3 Å². The summed E-state index contributed by atoms with van der Waals surface area (Å²) in [6.45, 7) is 4.59. The lowest BCUT2D eigenvalue weighted by molar-refractivity contribution is 0.661. The van der Waals surface area contributed by atoms with Crippen molar-refractivity contribution in [3.8, 4) is 57.5 Å². The van der Waals surface area contributed by atoms with Crippen LogP contribution in [0.2, 0.25) is 0 Å². The van der Waals surface area contributed by atoms with Crippen LogP contribution in [0.15, 0.2) is 182 Å². The van der Waals surface area contributed by atoms with Crippen molar-refractivity contribution in [1.82, 2.24) is 13.7 Å². The molecule has 66 heavy (non-hydrogen) atoms. The first-order chi connectivity index (χ1) is 32.4. The van der Waals surface area contributed by atoms with Gasteiger partial charge in [0.15, 0.2) is 0 Å². The van der Waals surface area contributed by atoms with Gasteiger partial charge >= 0.3 is 0 Å². The quantitative estimate of drug-likeness (QED) is 0.177. The van der Waals surface area contributed by atoms with Gasteiger partial charge in [-0.1, -0.05) is 141 Å². The Kier molecular flexibility index (Phi) is 7.75. The fourth-order valence-electron chi connectivity index (χ4n) is 11.3. The van der Waals surface area contributed by atoms with E-state index in [-0.39, 0.29) is 5.41 Å². The molecule has 0 atom stereocenters. The Morgan fingerprint density at radius 1 is 0.364 bits per heavy atom. The highest BCUT2D eigenvalue weighted by Crippen LogP contribution is 2.53. The van der Waals surface area contributed by atoms with E-state index in [1.54, 1.807) is 0 Å². The van der Waals surface area contributed by atoms with Gasteiger partial charge in [-0.3, -0.25) is 0 Å². The fraction of sp³-hybridized carbons (Fsp3) is 0.0500. The number of benzene rings is 9. The molecule has 0 radical (unpaired) electrons. The van der Waals surface area contributed by atoms with E-state index < -0.39 is 0 Å². The lowest BCUT2D eigenvalue weighted by atomic mass is 9.82. The predicted octanol–water partition coefficient (Wildman–Crippen LogP) is 14.6. The van der Waals surface area contributed by atoms with Crippen molar-refractivity contribution in [2.45, 2.75) is 19.3 Å². The molecule has 13 rings (SSSR count). The molecule has 0 amide bonds. The number of aromatic nitrogens is 3. The van der Waals surface area contributed by atoms with E-state index in [2.05, 4.69) is 173 Å². The molecular formula is C60H36N6. The Balaban J connectivity index is 1.32. The van der Waals surface area contributed by atoms with Gasteiger partial charge in [0.25, 0.3) is 0 Å². The van der Waals surface area contributed by atoms with Gasteiger partial charge in [0.2, 0.25) is 0 Å². The third kappa shape index (κ3) is 4.86. The smallest absolute Gasteiger partial charge is 0.104 e. The Labute approximate surface area is 379 Å². The molecule has 0 aliphatic heterocycles. The first-order valence-corrected chi connectivity index (χ1v) is 22.1. The van der Waals surface area contributed by atoms with Crippen molar-refractivity contribution in [1.29, 1.82) is 15.8 Å². The number of fused-ring (bicyclic) bond motifs is 12. The van der Waals surface area contributed by atoms with Crippen LogP contribution >= 0.6 is 0 Å². The second-order valence-corrected chi connectivity index (χ2v) is 17.8. The van der Waals surface area contributed by atoms with E-state index in [0.717, 1.165) is 76.5 Å². The molecule has 12 aromatic rings. The fourth-order valence-corrected chi connectivity index (χ4v) is 11.3. The molecule has 0 N–H and O–H groups in total. The standard InChI is InChI=1S/C60H36N6/c1-60(2)48-21-9-3-15-38(48)44-32-55-45(31-49(44)60)43-20-8-14-26-54(43)66(55)57-46(34-62)58(64-50-22-10-4-16-39(50)40-17-5-11-23-51(40)64)56(37-29-27-36(33-61)28-30-37)59(47(57)35-63)65-52-24-12-6-18-41(52)42-19-7-13-25-53(42)65/h3-32H,1-2H3. The lowest BCUT2D eigenvalue weighted by Crippen LogP contribution is -2.15. The third-order valence-electron chi connectivity index (χ3n) is 14.2. The average Bonchev–Trinajstić information content (AvgIpc) is 4.06. The second kappa shape index (κ2) is 13.7. The molecule has 6 nitrogen and oxygen atoms in total. The van der Waals surface area contributed by atoms with Crippen LogP contribution in [0, 0.1) is 34.0 Å². The van der Waals surface area contributed by atoms with E-state index in [4.69, 9.17) is 0 Å². The van der Waals surface area contributed by atoms with Crippen LogP contribution in [0.1, 0.15) is 41.7 Å². The molecule has 3 aromatic heterocycles. The van der Waals surface area contributed by atoms with Crippen LogP contribution < -0.4 is 0 Å². The van der Waals surface area contributed by atoms with Gasteiger partial charge in [-0.2, -0.15) is 15.8 Å². The topological polar surface area (TPSA) is 86.2 Å². The average molecular weight is 841 g/mol. The second-order valence-electron chi connectivity index (χ2n) is 17.8. The maximum absolute atomic E-state index is 12.1. The van der Waals surface area contributed by atoms with Crippen LogP contribution in [-0.2, 0) is 5.41 Å². The Hall–Kier alpha value is -9.15. The van der Waals surface area contributed by atoms with Crippen LogP contribution in [0.4, 0.5) is 0 Å². The largest absolute Gasteiger partial charge is 0.307 e. The molecular weight excluding hydrogens is 805 g/mol. The zero-order chi connectivity index (χ0) is 44.4. The number of hydrogen-bond donors (Lipinski definition) is 0. The molecule has 0 fully saturated rings. The highest BCUT2D eigenvalue weighted by molar-refractivity contribution is 6.15. The lowest BCUT2D eigenvalue weighted by Gasteiger charge is -2.26. The number of nitriles is 3. The zero-order valence-corrected chi connectivity index (χ0v) is 36.0. The summed E-state index contributed by atoms with van der Waals surface area (Å²) in [5.74, 6) is 0. The van der Waals surface area contributed by atoms with E-state index in [1.165, 1.54) is 16.7 Å². The van der Waals surface area contributed by atoms with Crippen LogP contribution in [0.3, 0.4) is 0 Å². The Morgan fingerprint density at radius 3 is 1.23 bits per heavy atom. The maximum atomic E-state index is 12.1. The number of hydrogen-bond acceptors (Lipinski definition) is 3. The summed E-state index contributed by atoms with van der Waals surface area (Å²) in [5.41, 5.74) is 14.6. The molecule has 6 heteroatoms. The summed E-state index contributed by atoms with van der Waals surface area (Å²) < 4.78 is 6.64. The van der Waals surface area contributed by atoms with Crippen LogP contribution in [0.5, 0.6) is 0 Å². The highest BCUT2D eigenvalue weighted by atomic mass is 15.1. The van der Waals surface area contributed by atoms with Crippen molar-refractivity contribution in [2.24, 2.45) is 0 Å². The third-order valence-corrected chi connectivity index (χ3v) is 14.2. The summed E-state index contributed by atoms with van der Waals surface area (Å²) in [6, 6.07) is 70.4. The zero-order valence-electron chi connectivity index (χ0n) is 36.0. The van der Waals surface area contributed by atoms with E-state index in [1.807, 2.05) is 54.6 Å². The van der Waals surface area contributed by atoms with Crippen molar-refractivity contribution in [2.75, 3.05) is 0 Å². The molecule has 0 spiro atoms. The number of rotatable bonds is 4. The first kappa shape index (κ1) is 37.4. The maximum Gasteiger partial charge on any atom is 0.104 e. The molecule has 0 saturated heterocycles. The van der Waals surface area contributed by atoms with Crippen molar-refractivity contribution in [3.05, 3.63) is 210 Å². The van der Waals surface area contributed by atoms with Gasteiger partial charge in [-0.05, 0) is 82.4 Å². The van der Waals surface area contributed by atoms with E-state index in [0.29, 0.717) is 39.3 Å².